The van der Waals surface area contributed by atoms with Gasteiger partial charge in [0.1, 0.15) is 0 Å². The second-order valence-electron chi connectivity index (χ2n) is 4.61. The first-order chi connectivity index (χ1) is 10.3. The predicted octanol–water partition coefficient (Wildman–Crippen LogP) is 2.65. The number of sulfonamides is 1. The van der Waals surface area contributed by atoms with Gasteiger partial charge in [-0.25, -0.2) is 13.6 Å². The minimum Gasteiger partial charge on any atom is -0.347 e. The average Bonchev–Trinajstić information content (AvgIpc) is 2.85. The highest BCUT2D eigenvalue weighted by Gasteiger charge is 2.12. The Morgan fingerprint density at radius 1 is 1.32 bits per heavy atom. The molecule has 0 aliphatic carbocycles. The third-order valence-corrected chi connectivity index (χ3v) is 6.18. The topological polar surface area (TPSA) is 89.3 Å². The fourth-order valence-corrected chi connectivity index (χ4v) is 4.15. The lowest BCUT2D eigenvalue weighted by atomic mass is 10.2. The van der Waals surface area contributed by atoms with Crippen LogP contribution in [0.2, 0.25) is 0 Å². The molecule has 0 saturated heterocycles. The molecule has 0 radical (unpaired) electrons. The van der Waals surface area contributed by atoms with E-state index in [1.54, 1.807) is 12.1 Å². The second kappa shape index (κ2) is 6.91. The molecule has 0 atom stereocenters. The molecular formula is C14H15BrN2O3S2. The Labute approximate surface area is 141 Å². The van der Waals surface area contributed by atoms with Crippen LogP contribution in [-0.4, -0.2) is 14.3 Å². The van der Waals surface area contributed by atoms with Crippen LogP contribution in [0.4, 0.5) is 0 Å². The van der Waals surface area contributed by atoms with Crippen LogP contribution in [0, 0.1) is 0 Å². The van der Waals surface area contributed by atoms with Gasteiger partial charge in [0.2, 0.25) is 10.0 Å². The Morgan fingerprint density at radius 3 is 2.45 bits per heavy atom. The van der Waals surface area contributed by atoms with Crippen molar-refractivity contribution in [2.75, 3.05) is 0 Å². The van der Waals surface area contributed by atoms with Crippen molar-refractivity contribution in [1.82, 2.24) is 5.32 Å². The summed E-state index contributed by atoms with van der Waals surface area (Å²) in [5.74, 6) is -0.152. The Bertz CT molecular complexity index is 783. The zero-order valence-electron chi connectivity index (χ0n) is 11.8. The fraction of sp³-hybridized carbons (Fsp3) is 0.214. The van der Waals surface area contributed by atoms with Crippen molar-refractivity contribution in [1.29, 1.82) is 0 Å². The van der Waals surface area contributed by atoms with Crippen molar-refractivity contribution in [3.63, 3.8) is 0 Å². The number of carbonyl (C=O) groups excluding carboxylic acids is 1. The normalized spacial score (nSPS) is 11.4. The van der Waals surface area contributed by atoms with Crippen LogP contribution in [0.3, 0.4) is 0 Å². The SMILES string of the molecule is CCc1sc(C(=O)NCc2ccc(S(N)(=O)=O)cc2)cc1Br. The maximum atomic E-state index is 12.1. The Balaban J connectivity index is 2.01. The number of benzene rings is 1. The number of primary sulfonamides is 1. The molecule has 0 bridgehead atoms. The minimum atomic E-state index is -3.69. The van der Waals surface area contributed by atoms with Gasteiger partial charge < -0.3 is 5.32 Å². The van der Waals surface area contributed by atoms with Crippen LogP contribution in [0.15, 0.2) is 39.7 Å². The second-order valence-corrected chi connectivity index (χ2v) is 8.16. The van der Waals surface area contributed by atoms with Crippen LogP contribution >= 0.6 is 27.3 Å². The molecule has 2 rings (SSSR count). The summed E-state index contributed by atoms with van der Waals surface area (Å²) < 4.78 is 23.3. The van der Waals surface area contributed by atoms with E-state index in [0.29, 0.717) is 11.4 Å². The van der Waals surface area contributed by atoms with Crippen LogP contribution in [0.1, 0.15) is 27.0 Å². The van der Waals surface area contributed by atoms with E-state index in [4.69, 9.17) is 5.14 Å². The van der Waals surface area contributed by atoms with E-state index in [-0.39, 0.29) is 10.8 Å². The first-order valence-electron chi connectivity index (χ1n) is 6.49. The zero-order valence-corrected chi connectivity index (χ0v) is 15.0. The van der Waals surface area contributed by atoms with Crippen LogP contribution in [0.5, 0.6) is 0 Å². The van der Waals surface area contributed by atoms with Crippen molar-refractivity contribution in [3.8, 4) is 0 Å². The monoisotopic (exact) mass is 402 g/mol. The van der Waals surface area contributed by atoms with Gasteiger partial charge in [-0.05, 0) is 46.1 Å². The van der Waals surface area contributed by atoms with E-state index in [9.17, 15) is 13.2 Å². The molecule has 0 spiro atoms. The average molecular weight is 403 g/mol. The molecule has 0 aliphatic heterocycles. The lowest BCUT2D eigenvalue weighted by Gasteiger charge is -2.05. The van der Waals surface area contributed by atoms with Crippen molar-refractivity contribution < 1.29 is 13.2 Å². The van der Waals surface area contributed by atoms with Gasteiger partial charge in [0.15, 0.2) is 0 Å². The van der Waals surface area contributed by atoms with Crippen molar-refractivity contribution >= 4 is 43.2 Å². The number of thiophene rings is 1. The number of rotatable bonds is 5. The molecule has 0 unspecified atom stereocenters. The summed E-state index contributed by atoms with van der Waals surface area (Å²) in [6.45, 7) is 2.35. The zero-order chi connectivity index (χ0) is 16.3. The van der Waals surface area contributed by atoms with Gasteiger partial charge in [0.25, 0.3) is 5.91 Å². The van der Waals surface area contributed by atoms with Crippen LogP contribution in [0.25, 0.3) is 0 Å². The van der Waals surface area contributed by atoms with Gasteiger partial charge in [0, 0.05) is 15.9 Å². The third-order valence-electron chi connectivity index (χ3n) is 3.01. The molecule has 5 nitrogen and oxygen atoms in total. The molecule has 1 aromatic carbocycles. The van der Waals surface area contributed by atoms with E-state index < -0.39 is 10.0 Å². The third kappa shape index (κ3) is 4.16. The number of halogens is 1. The van der Waals surface area contributed by atoms with E-state index >= 15 is 0 Å². The minimum absolute atomic E-state index is 0.0531. The van der Waals surface area contributed by atoms with Gasteiger partial charge in [-0.15, -0.1) is 11.3 Å². The fourth-order valence-electron chi connectivity index (χ4n) is 1.83. The number of aryl methyl sites for hydroxylation is 1. The molecule has 1 aromatic heterocycles. The van der Waals surface area contributed by atoms with Gasteiger partial charge in [-0.1, -0.05) is 19.1 Å². The number of hydrogen-bond donors (Lipinski definition) is 2. The number of nitrogens with one attached hydrogen (secondary N) is 1. The molecular weight excluding hydrogens is 388 g/mol. The molecule has 3 N–H and O–H groups in total. The number of nitrogens with two attached hydrogens (primary N) is 1. The molecule has 0 aliphatic rings. The van der Waals surface area contributed by atoms with Gasteiger partial charge in [-0.2, -0.15) is 0 Å². The van der Waals surface area contributed by atoms with E-state index in [1.807, 2.05) is 13.0 Å². The lowest BCUT2D eigenvalue weighted by Crippen LogP contribution is -2.21. The molecule has 22 heavy (non-hydrogen) atoms. The Morgan fingerprint density at radius 2 is 1.95 bits per heavy atom. The Hall–Kier alpha value is -1.22. The van der Waals surface area contributed by atoms with Gasteiger partial charge >= 0.3 is 0 Å². The summed E-state index contributed by atoms with van der Waals surface area (Å²) in [5.41, 5.74) is 0.798. The largest absolute Gasteiger partial charge is 0.347 e. The summed E-state index contributed by atoms with van der Waals surface area (Å²) in [4.78, 5) is 13.9. The van der Waals surface area contributed by atoms with Gasteiger partial charge in [0.05, 0.1) is 9.77 Å². The van der Waals surface area contributed by atoms with Gasteiger partial charge in [-0.3, -0.25) is 4.79 Å². The number of hydrogen-bond acceptors (Lipinski definition) is 4. The maximum Gasteiger partial charge on any atom is 0.261 e. The number of carbonyl (C=O) groups is 1. The molecule has 2 aromatic rings. The summed E-state index contributed by atoms with van der Waals surface area (Å²) >= 11 is 4.88. The highest BCUT2D eigenvalue weighted by Crippen LogP contribution is 2.27. The molecule has 1 amide bonds. The first-order valence-corrected chi connectivity index (χ1v) is 9.65. The molecule has 0 saturated carbocycles. The van der Waals surface area contributed by atoms with E-state index in [2.05, 4.69) is 21.2 Å². The smallest absolute Gasteiger partial charge is 0.261 e. The summed E-state index contributed by atoms with van der Waals surface area (Å²) in [5, 5.41) is 7.84. The van der Waals surface area contributed by atoms with Crippen molar-refractivity contribution in [2.24, 2.45) is 5.14 Å². The standard InChI is InChI=1S/C14H15BrN2O3S2/c1-2-12-11(15)7-13(21-12)14(18)17-8-9-3-5-10(6-4-9)22(16,19)20/h3-7H,2,8H2,1H3,(H,17,18)(H2,16,19,20). The molecule has 1 heterocycles. The Kier molecular flexibility index (Phi) is 5.38. The highest BCUT2D eigenvalue weighted by atomic mass is 79.9. The molecule has 0 fully saturated rings. The van der Waals surface area contributed by atoms with E-state index in [0.717, 1.165) is 21.3 Å². The first kappa shape index (κ1) is 17.1. The summed E-state index contributed by atoms with van der Waals surface area (Å²) in [6, 6.07) is 7.91. The molecule has 118 valence electrons. The lowest BCUT2D eigenvalue weighted by molar-refractivity contribution is 0.0955. The summed E-state index contributed by atoms with van der Waals surface area (Å²) in [7, 11) is -3.69. The van der Waals surface area contributed by atoms with Crippen LogP contribution in [-0.2, 0) is 23.0 Å². The van der Waals surface area contributed by atoms with Crippen molar-refractivity contribution in [2.45, 2.75) is 24.8 Å². The quantitative estimate of drug-likeness (QED) is 0.805. The predicted molar refractivity (Wildman–Crippen MR) is 90.4 cm³/mol. The summed E-state index contributed by atoms with van der Waals surface area (Å²) in [6.07, 6.45) is 0.869. The molecule has 8 heteroatoms. The highest BCUT2D eigenvalue weighted by molar-refractivity contribution is 9.10. The number of amides is 1. The van der Waals surface area contributed by atoms with Crippen LogP contribution < -0.4 is 10.5 Å². The van der Waals surface area contributed by atoms with E-state index in [1.165, 1.54) is 23.5 Å². The maximum absolute atomic E-state index is 12.1. The van der Waals surface area contributed by atoms with Crippen molar-refractivity contribution in [3.05, 3.63) is 50.1 Å².